The zero-order valence-corrected chi connectivity index (χ0v) is 7.79. The Hall–Kier alpha value is -1.36. The van der Waals surface area contributed by atoms with Crippen LogP contribution in [0.3, 0.4) is 0 Å². The third-order valence-corrected chi connectivity index (χ3v) is 1.61. The molecule has 0 aliphatic heterocycles. The lowest BCUT2D eigenvalue weighted by molar-refractivity contribution is 0.794. The normalized spacial score (nSPS) is 12.5. The Labute approximate surface area is 76.4 Å². The highest BCUT2D eigenvalue weighted by Crippen LogP contribution is 1.99. The van der Waals surface area contributed by atoms with Crippen molar-refractivity contribution in [2.24, 2.45) is 5.73 Å². The minimum Gasteiger partial charge on any atom is -0.366 e. The smallest absolute Gasteiger partial charge is 0.252 e. The maximum atomic E-state index is 11.0. The fourth-order valence-electron chi connectivity index (χ4n) is 0.965. The summed E-state index contributed by atoms with van der Waals surface area (Å²) in [6, 6.07) is 1.53. The zero-order chi connectivity index (χ0) is 9.84. The monoisotopic (exact) mass is 182 g/mol. The molecule has 0 fully saturated rings. The lowest BCUT2D eigenvalue weighted by atomic mass is 10.3. The minimum atomic E-state index is -0.153. The topological polar surface area (TPSA) is 83.8 Å². The molecule has 1 unspecified atom stereocenters. The SMILES string of the molecule is Cc1nc(NC(C)CN)cc(=O)[nH]1. The van der Waals surface area contributed by atoms with E-state index in [0.29, 0.717) is 18.2 Å². The van der Waals surface area contributed by atoms with Gasteiger partial charge in [0.1, 0.15) is 11.6 Å². The molecule has 72 valence electrons. The van der Waals surface area contributed by atoms with E-state index in [1.165, 1.54) is 6.07 Å². The minimum absolute atomic E-state index is 0.119. The van der Waals surface area contributed by atoms with Crippen LogP contribution in [0.1, 0.15) is 12.7 Å². The Balaban J connectivity index is 2.83. The molecule has 13 heavy (non-hydrogen) atoms. The molecule has 0 aliphatic carbocycles. The summed E-state index contributed by atoms with van der Waals surface area (Å²) >= 11 is 0. The maximum absolute atomic E-state index is 11.0. The van der Waals surface area contributed by atoms with E-state index in [-0.39, 0.29) is 11.6 Å². The van der Waals surface area contributed by atoms with Gasteiger partial charge in [0.05, 0.1) is 0 Å². The Morgan fingerprint density at radius 1 is 1.77 bits per heavy atom. The van der Waals surface area contributed by atoms with Gasteiger partial charge in [-0.05, 0) is 13.8 Å². The van der Waals surface area contributed by atoms with E-state index >= 15 is 0 Å². The van der Waals surface area contributed by atoms with E-state index in [4.69, 9.17) is 5.73 Å². The average molecular weight is 182 g/mol. The van der Waals surface area contributed by atoms with Gasteiger partial charge in [0.2, 0.25) is 0 Å². The first-order valence-corrected chi connectivity index (χ1v) is 4.16. The molecule has 0 radical (unpaired) electrons. The first kappa shape index (κ1) is 9.73. The highest BCUT2D eigenvalue weighted by atomic mass is 16.1. The molecule has 1 aromatic rings. The summed E-state index contributed by atoms with van der Waals surface area (Å²) in [5.74, 6) is 1.17. The molecule has 0 bridgehead atoms. The van der Waals surface area contributed by atoms with Crippen LogP contribution in [0.5, 0.6) is 0 Å². The largest absolute Gasteiger partial charge is 0.366 e. The fourth-order valence-corrected chi connectivity index (χ4v) is 0.965. The standard InChI is InChI=1S/C8H14N4O/c1-5(4-9)10-7-3-8(13)12-6(2)11-7/h3,5H,4,9H2,1-2H3,(H2,10,11,12,13). The molecule has 1 heterocycles. The Bertz CT molecular complexity index is 333. The number of anilines is 1. The molecule has 0 saturated carbocycles. The van der Waals surface area contributed by atoms with Gasteiger partial charge in [0.25, 0.3) is 5.56 Å². The van der Waals surface area contributed by atoms with Crippen LogP contribution in [-0.4, -0.2) is 22.6 Å². The summed E-state index contributed by atoms with van der Waals surface area (Å²) in [6.07, 6.45) is 0. The van der Waals surface area contributed by atoms with Gasteiger partial charge >= 0.3 is 0 Å². The quantitative estimate of drug-likeness (QED) is 0.606. The highest BCUT2D eigenvalue weighted by molar-refractivity contribution is 5.33. The van der Waals surface area contributed by atoms with Crippen LogP contribution in [0.25, 0.3) is 0 Å². The van der Waals surface area contributed by atoms with Crippen molar-refractivity contribution in [3.63, 3.8) is 0 Å². The number of hydrogen-bond acceptors (Lipinski definition) is 4. The van der Waals surface area contributed by atoms with Gasteiger partial charge in [-0.25, -0.2) is 4.98 Å². The summed E-state index contributed by atoms with van der Waals surface area (Å²) in [7, 11) is 0. The van der Waals surface area contributed by atoms with E-state index < -0.39 is 0 Å². The van der Waals surface area contributed by atoms with Gasteiger partial charge in [-0.15, -0.1) is 0 Å². The third kappa shape index (κ3) is 2.87. The fraction of sp³-hybridized carbons (Fsp3) is 0.500. The van der Waals surface area contributed by atoms with Crippen molar-refractivity contribution in [3.8, 4) is 0 Å². The van der Waals surface area contributed by atoms with Crippen molar-refractivity contribution < 1.29 is 0 Å². The van der Waals surface area contributed by atoms with Crippen molar-refractivity contribution >= 4 is 5.82 Å². The van der Waals surface area contributed by atoms with E-state index in [1.807, 2.05) is 6.92 Å². The van der Waals surface area contributed by atoms with Crippen LogP contribution in [-0.2, 0) is 0 Å². The van der Waals surface area contributed by atoms with Crippen molar-refractivity contribution in [3.05, 3.63) is 22.2 Å². The number of rotatable bonds is 3. The van der Waals surface area contributed by atoms with Gasteiger partial charge in [0, 0.05) is 18.7 Å². The number of aromatic nitrogens is 2. The molecule has 4 N–H and O–H groups in total. The highest BCUT2D eigenvalue weighted by Gasteiger charge is 2.01. The van der Waals surface area contributed by atoms with Crippen LogP contribution in [0, 0.1) is 6.92 Å². The molecule has 1 aromatic heterocycles. The van der Waals surface area contributed by atoms with Crippen LogP contribution in [0.4, 0.5) is 5.82 Å². The summed E-state index contributed by atoms with van der Waals surface area (Å²) in [4.78, 5) is 17.7. The number of H-pyrrole nitrogens is 1. The van der Waals surface area contributed by atoms with Crippen molar-refractivity contribution in [1.29, 1.82) is 0 Å². The van der Waals surface area contributed by atoms with Crippen molar-refractivity contribution in [2.75, 3.05) is 11.9 Å². The zero-order valence-electron chi connectivity index (χ0n) is 7.79. The first-order valence-electron chi connectivity index (χ1n) is 4.16. The number of nitrogens with one attached hydrogen (secondary N) is 2. The van der Waals surface area contributed by atoms with Gasteiger partial charge in [0.15, 0.2) is 0 Å². The molecule has 0 spiro atoms. The van der Waals surface area contributed by atoms with Crippen molar-refractivity contribution in [2.45, 2.75) is 19.9 Å². The predicted octanol–water partition coefficient (Wildman–Crippen LogP) is -0.163. The first-order chi connectivity index (χ1) is 6.11. The lowest BCUT2D eigenvalue weighted by Crippen LogP contribution is -2.26. The number of nitrogens with two attached hydrogens (primary N) is 1. The number of nitrogens with zero attached hydrogens (tertiary/aromatic N) is 1. The van der Waals surface area contributed by atoms with E-state index in [9.17, 15) is 4.79 Å². The molecule has 5 heteroatoms. The van der Waals surface area contributed by atoms with Gasteiger partial charge in [-0.2, -0.15) is 0 Å². The van der Waals surface area contributed by atoms with Crippen molar-refractivity contribution in [1.82, 2.24) is 9.97 Å². The second-order valence-corrected chi connectivity index (χ2v) is 3.00. The Kier molecular flexibility index (Phi) is 3.02. The number of aryl methyl sites for hydroxylation is 1. The second kappa shape index (κ2) is 4.04. The maximum Gasteiger partial charge on any atom is 0.252 e. The summed E-state index contributed by atoms with van der Waals surface area (Å²) in [5, 5.41) is 3.02. The molecule has 5 nitrogen and oxygen atoms in total. The van der Waals surface area contributed by atoms with Gasteiger partial charge in [-0.3, -0.25) is 4.79 Å². The predicted molar refractivity (Wildman–Crippen MR) is 51.7 cm³/mol. The van der Waals surface area contributed by atoms with E-state index in [2.05, 4.69) is 15.3 Å². The number of hydrogen-bond donors (Lipinski definition) is 3. The van der Waals surface area contributed by atoms with Crippen LogP contribution in [0.15, 0.2) is 10.9 Å². The average Bonchev–Trinajstić information content (AvgIpc) is 2.02. The Morgan fingerprint density at radius 3 is 3.00 bits per heavy atom. The van der Waals surface area contributed by atoms with E-state index in [0.717, 1.165) is 0 Å². The van der Waals surface area contributed by atoms with Gasteiger partial charge in [-0.1, -0.05) is 0 Å². The molecule has 0 aromatic carbocycles. The summed E-state index contributed by atoms with van der Waals surface area (Å²) in [6.45, 7) is 4.17. The molecule has 0 aliphatic rings. The molecule has 0 amide bonds. The van der Waals surface area contributed by atoms with Crippen LogP contribution >= 0.6 is 0 Å². The molecule has 1 rings (SSSR count). The second-order valence-electron chi connectivity index (χ2n) is 3.00. The van der Waals surface area contributed by atoms with Crippen LogP contribution < -0.4 is 16.6 Å². The summed E-state index contributed by atoms with van der Waals surface area (Å²) < 4.78 is 0. The van der Waals surface area contributed by atoms with E-state index in [1.54, 1.807) is 6.92 Å². The third-order valence-electron chi connectivity index (χ3n) is 1.61. The molecule has 0 saturated heterocycles. The Morgan fingerprint density at radius 2 is 2.46 bits per heavy atom. The summed E-state index contributed by atoms with van der Waals surface area (Å²) in [5.41, 5.74) is 5.27. The molecular formula is C8H14N4O. The van der Waals surface area contributed by atoms with Gasteiger partial charge < -0.3 is 16.0 Å². The number of aromatic amines is 1. The molecule has 1 atom stereocenters. The lowest BCUT2D eigenvalue weighted by Gasteiger charge is -2.11. The van der Waals surface area contributed by atoms with Crippen LogP contribution in [0.2, 0.25) is 0 Å². The molecular weight excluding hydrogens is 168 g/mol.